The van der Waals surface area contributed by atoms with Crippen LogP contribution in [0.2, 0.25) is 0 Å². The fraction of sp³-hybridized carbons (Fsp3) is 0.750. The predicted octanol–water partition coefficient (Wildman–Crippen LogP) is 4.92. The largest absolute Gasteiger partial charge is 0.463 e. The maximum atomic E-state index is 11.5. The van der Waals surface area contributed by atoms with Crippen LogP contribution in [-0.4, -0.2) is 48.7 Å². The number of esters is 1. The van der Waals surface area contributed by atoms with Crippen molar-refractivity contribution in [2.45, 2.75) is 91.8 Å². The number of aliphatic hydroxyl groups excluding tert-OH is 1. The first kappa shape index (κ1) is 31.3. The van der Waals surface area contributed by atoms with Crippen LogP contribution in [0, 0.1) is 5.92 Å². The van der Waals surface area contributed by atoms with Gasteiger partial charge in [0.15, 0.2) is 0 Å². The maximum Gasteiger partial charge on any atom is 0.405 e. The normalized spacial score (nSPS) is 20.1. The van der Waals surface area contributed by atoms with Gasteiger partial charge in [0, 0.05) is 26.2 Å². The molecule has 182 valence electrons. The molecule has 2 unspecified atom stereocenters. The summed E-state index contributed by atoms with van der Waals surface area (Å²) in [4.78, 5) is 21.6. The first-order valence-electron chi connectivity index (χ1n) is 11.2. The molecule has 0 aromatic heterocycles. The lowest BCUT2D eigenvalue weighted by Crippen LogP contribution is -2.27. The fourth-order valence-electron chi connectivity index (χ4n) is 2.99. The minimum absolute atomic E-state index is 0.0270. The molecule has 1 aliphatic rings. The standard InChI is InChI=1S/C17H28O3.C5H11NO2.C2H6O/c1-4-7-15(8-5-2)12-16-11-14(3)20-17(18)9-6-10-19-13-16;1-5(2,3)8-4(6)7;1-2-3/h4,7,14,16H,1,5-6,8-13H2,2-3H3;1-3H3,(H2,6,7);3H,2H2,1H3/b15-7+;;. The van der Waals surface area contributed by atoms with Crippen molar-refractivity contribution < 1.29 is 28.9 Å². The van der Waals surface area contributed by atoms with Crippen molar-refractivity contribution in [3.63, 3.8) is 0 Å². The Morgan fingerprint density at radius 1 is 1.35 bits per heavy atom. The summed E-state index contributed by atoms with van der Waals surface area (Å²) in [6.07, 6.45) is 8.53. The molecule has 1 fully saturated rings. The summed E-state index contributed by atoms with van der Waals surface area (Å²) in [5.74, 6) is 0.311. The van der Waals surface area contributed by atoms with Crippen molar-refractivity contribution in [3.8, 4) is 0 Å². The van der Waals surface area contributed by atoms with Crippen molar-refractivity contribution in [1.29, 1.82) is 0 Å². The molecule has 3 N–H and O–H groups in total. The molecule has 0 bridgehead atoms. The summed E-state index contributed by atoms with van der Waals surface area (Å²) in [7, 11) is 0. The van der Waals surface area contributed by atoms with E-state index in [9.17, 15) is 9.59 Å². The highest BCUT2D eigenvalue weighted by Gasteiger charge is 2.19. The number of allylic oxidation sites excluding steroid dienone is 3. The number of carbonyl (C=O) groups is 2. The molecule has 31 heavy (non-hydrogen) atoms. The Balaban J connectivity index is 0. The molecular weight excluding hydrogens is 398 g/mol. The lowest BCUT2D eigenvalue weighted by Gasteiger charge is -2.24. The molecule has 1 rings (SSSR count). The molecule has 0 radical (unpaired) electrons. The molecule has 0 aliphatic carbocycles. The number of nitrogens with two attached hydrogens (primary N) is 1. The van der Waals surface area contributed by atoms with Crippen LogP contribution in [-0.2, 0) is 19.0 Å². The van der Waals surface area contributed by atoms with Crippen LogP contribution in [0.3, 0.4) is 0 Å². The molecule has 2 atom stereocenters. The van der Waals surface area contributed by atoms with Gasteiger partial charge in [-0.3, -0.25) is 4.79 Å². The summed E-state index contributed by atoms with van der Waals surface area (Å²) in [5, 5.41) is 7.57. The summed E-state index contributed by atoms with van der Waals surface area (Å²) in [6.45, 7) is 16.6. The number of hydrogen-bond acceptors (Lipinski definition) is 6. The van der Waals surface area contributed by atoms with Crippen LogP contribution < -0.4 is 5.73 Å². The Bertz CT molecular complexity index is 525. The molecule has 0 aromatic carbocycles. The van der Waals surface area contributed by atoms with Crippen molar-refractivity contribution >= 4 is 12.1 Å². The highest BCUT2D eigenvalue weighted by Crippen LogP contribution is 2.23. The Morgan fingerprint density at radius 2 is 1.97 bits per heavy atom. The van der Waals surface area contributed by atoms with Crippen LogP contribution in [0.4, 0.5) is 4.79 Å². The van der Waals surface area contributed by atoms with Crippen molar-refractivity contribution in [2.24, 2.45) is 11.7 Å². The predicted molar refractivity (Wildman–Crippen MR) is 125 cm³/mol. The second-order valence-electron chi connectivity index (χ2n) is 8.45. The van der Waals surface area contributed by atoms with Crippen LogP contribution in [0.25, 0.3) is 0 Å². The molecule has 1 saturated heterocycles. The van der Waals surface area contributed by atoms with Gasteiger partial charge in [0.1, 0.15) is 5.60 Å². The number of aliphatic hydroxyl groups is 1. The van der Waals surface area contributed by atoms with Crippen molar-refractivity contribution in [3.05, 3.63) is 24.3 Å². The van der Waals surface area contributed by atoms with Crippen LogP contribution in [0.1, 0.15) is 80.1 Å². The lowest BCUT2D eigenvalue weighted by molar-refractivity contribution is -0.150. The van der Waals surface area contributed by atoms with Gasteiger partial charge in [-0.05, 0) is 66.2 Å². The van der Waals surface area contributed by atoms with Gasteiger partial charge in [-0.2, -0.15) is 0 Å². The highest BCUT2D eigenvalue weighted by atomic mass is 16.6. The van der Waals surface area contributed by atoms with E-state index in [1.807, 2.05) is 13.0 Å². The number of carbonyl (C=O) groups excluding carboxylic acids is 2. The van der Waals surface area contributed by atoms with Gasteiger partial charge in [-0.1, -0.05) is 37.6 Å². The number of amides is 1. The quantitative estimate of drug-likeness (QED) is 0.461. The maximum absolute atomic E-state index is 11.5. The number of rotatable bonds is 5. The van der Waals surface area contributed by atoms with Crippen LogP contribution in [0.15, 0.2) is 24.3 Å². The third-order valence-electron chi connectivity index (χ3n) is 3.90. The van der Waals surface area contributed by atoms with Crippen molar-refractivity contribution in [2.75, 3.05) is 19.8 Å². The van der Waals surface area contributed by atoms with Gasteiger partial charge in [0.2, 0.25) is 0 Å². The van der Waals surface area contributed by atoms with E-state index in [2.05, 4.69) is 24.3 Å². The zero-order valence-corrected chi connectivity index (χ0v) is 20.4. The average Bonchev–Trinajstić information content (AvgIpc) is 2.60. The van der Waals surface area contributed by atoms with Gasteiger partial charge in [-0.15, -0.1) is 0 Å². The van der Waals surface area contributed by atoms with E-state index in [-0.39, 0.29) is 18.7 Å². The molecule has 7 nitrogen and oxygen atoms in total. The van der Waals surface area contributed by atoms with Crippen LogP contribution >= 0.6 is 0 Å². The van der Waals surface area contributed by atoms with E-state index in [1.54, 1.807) is 27.7 Å². The topological polar surface area (TPSA) is 108 Å². The first-order valence-corrected chi connectivity index (χ1v) is 11.2. The van der Waals surface area contributed by atoms with E-state index < -0.39 is 11.7 Å². The minimum Gasteiger partial charge on any atom is -0.463 e. The van der Waals surface area contributed by atoms with Gasteiger partial charge in [0.05, 0.1) is 6.10 Å². The summed E-state index contributed by atoms with van der Waals surface area (Å²) in [6, 6.07) is 0. The Morgan fingerprint density at radius 3 is 2.42 bits per heavy atom. The summed E-state index contributed by atoms with van der Waals surface area (Å²) >= 11 is 0. The van der Waals surface area contributed by atoms with E-state index in [0.29, 0.717) is 18.9 Å². The summed E-state index contributed by atoms with van der Waals surface area (Å²) in [5.41, 5.74) is 5.67. The number of ether oxygens (including phenoxy) is 3. The van der Waals surface area contributed by atoms with Gasteiger partial charge in [0.25, 0.3) is 0 Å². The van der Waals surface area contributed by atoms with E-state index in [4.69, 9.17) is 20.3 Å². The minimum atomic E-state index is -0.725. The molecular formula is C24H45NO6. The number of primary amides is 1. The molecule has 1 aliphatic heterocycles. The second kappa shape index (κ2) is 18.9. The zero-order valence-electron chi connectivity index (χ0n) is 20.4. The Hall–Kier alpha value is -1.86. The SMILES string of the molecule is C=C/C=C(\CCC)CC1COCCCC(=O)OC(C)C1.CC(C)(C)OC(N)=O.CCO. The number of hydrogen-bond donors (Lipinski definition) is 2. The Labute approximate surface area is 189 Å². The van der Waals surface area contributed by atoms with Crippen molar-refractivity contribution in [1.82, 2.24) is 0 Å². The van der Waals surface area contributed by atoms with E-state index in [1.165, 1.54) is 5.57 Å². The van der Waals surface area contributed by atoms with Gasteiger partial charge < -0.3 is 25.1 Å². The van der Waals surface area contributed by atoms with Crippen LogP contribution in [0.5, 0.6) is 0 Å². The third kappa shape index (κ3) is 22.6. The average molecular weight is 444 g/mol. The smallest absolute Gasteiger partial charge is 0.405 e. The fourth-order valence-corrected chi connectivity index (χ4v) is 2.99. The highest BCUT2D eigenvalue weighted by molar-refractivity contribution is 5.69. The van der Waals surface area contributed by atoms with E-state index >= 15 is 0 Å². The molecule has 1 heterocycles. The third-order valence-corrected chi connectivity index (χ3v) is 3.90. The molecule has 0 aromatic rings. The first-order chi connectivity index (χ1) is 14.5. The van der Waals surface area contributed by atoms with E-state index in [0.717, 1.165) is 38.7 Å². The molecule has 1 amide bonds. The second-order valence-corrected chi connectivity index (χ2v) is 8.45. The monoisotopic (exact) mass is 443 g/mol. The molecule has 0 spiro atoms. The Kier molecular flexibility index (Phi) is 19.1. The molecule has 0 saturated carbocycles. The van der Waals surface area contributed by atoms with Gasteiger partial charge in [-0.25, -0.2) is 4.79 Å². The van der Waals surface area contributed by atoms with Gasteiger partial charge >= 0.3 is 12.1 Å². The lowest BCUT2D eigenvalue weighted by atomic mass is 9.92. The number of cyclic esters (lactones) is 1. The zero-order chi connectivity index (χ0) is 24.3. The molecule has 7 heteroatoms. The summed E-state index contributed by atoms with van der Waals surface area (Å²) < 4.78 is 15.7.